The van der Waals surface area contributed by atoms with E-state index in [1.54, 1.807) is 0 Å². The van der Waals surface area contributed by atoms with Crippen molar-refractivity contribution >= 4 is 5.82 Å². The van der Waals surface area contributed by atoms with Crippen molar-refractivity contribution in [3.8, 4) is 11.3 Å². The van der Waals surface area contributed by atoms with Gasteiger partial charge in [-0.3, -0.25) is 0 Å². The number of nitrogens with zero attached hydrogens (tertiary/aromatic N) is 2. The molecule has 0 aliphatic heterocycles. The van der Waals surface area contributed by atoms with Crippen LogP contribution in [0.25, 0.3) is 11.3 Å². The van der Waals surface area contributed by atoms with E-state index in [0.29, 0.717) is 0 Å². The van der Waals surface area contributed by atoms with Crippen LogP contribution in [0.1, 0.15) is 42.8 Å². The predicted molar refractivity (Wildman–Crippen MR) is 89.8 cm³/mol. The fourth-order valence-corrected chi connectivity index (χ4v) is 2.58. The number of nitrogens with one attached hydrogen (secondary N) is 1. The smallest absolute Gasteiger partial charge is 0.133 e. The molecule has 3 nitrogen and oxygen atoms in total. The molecule has 1 aromatic carbocycles. The van der Waals surface area contributed by atoms with Gasteiger partial charge in [0.2, 0.25) is 0 Å². The molecule has 0 radical (unpaired) electrons. The fourth-order valence-electron chi connectivity index (χ4n) is 2.58. The zero-order chi connectivity index (χ0) is 15.4. The first-order valence-corrected chi connectivity index (χ1v) is 7.75. The number of anilines is 1. The number of rotatable bonds is 5. The van der Waals surface area contributed by atoms with Gasteiger partial charge in [-0.2, -0.15) is 0 Å². The molecule has 0 saturated carbocycles. The molecule has 0 spiro atoms. The van der Waals surface area contributed by atoms with Gasteiger partial charge in [-0.15, -0.1) is 0 Å². The Balaban J connectivity index is 2.60. The fraction of sp³-hybridized carbons (Fsp3) is 0.444. The van der Waals surface area contributed by atoms with E-state index in [0.717, 1.165) is 42.3 Å². The van der Waals surface area contributed by atoms with Crippen molar-refractivity contribution in [2.75, 3.05) is 11.9 Å². The van der Waals surface area contributed by atoms with Crippen molar-refractivity contribution in [1.82, 2.24) is 9.97 Å². The zero-order valence-corrected chi connectivity index (χ0v) is 13.7. The number of hydrogen-bond acceptors (Lipinski definition) is 3. The molecule has 0 saturated heterocycles. The Kier molecular flexibility index (Phi) is 4.94. The molecule has 112 valence electrons. The highest BCUT2D eigenvalue weighted by atomic mass is 15.0. The van der Waals surface area contributed by atoms with Crippen molar-refractivity contribution in [3.63, 3.8) is 0 Å². The number of aryl methyl sites for hydroxylation is 3. The van der Waals surface area contributed by atoms with Gasteiger partial charge < -0.3 is 5.32 Å². The summed E-state index contributed by atoms with van der Waals surface area (Å²) in [6.07, 6.45) is 1.97. The summed E-state index contributed by atoms with van der Waals surface area (Å²) in [6.45, 7) is 11.5. The molecule has 2 aromatic rings. The van der Waals surface area contributed by atoms with Crippen LogP contribution in [0.3, 0.4) is 0 Å². The number of hydrogen-bond donors (Lipinski definition) is 1. The highest BCUT2D eigenvalue weighted by Gasteiger charge is 2.13. The van der Waals surface area contributed by atoms with E-state index >= 15 is 0 Å². The molecule has 0 unspecified atom stereocenters. The first kappa shape index (κ1) is 15.5. The minimum atomic E-state index is 0.871. The summed E-state index contributed by atoms with van der Waals surface area (Å²) in [7, 11) is 0. The average molecular weight is 283 g/mol. The van der Waals surface area contributed by atoms with Gasteiger partial charge in [0.1, 0.15) is 11.6 Å². The van der Waals surface area contributed by atoms with E-state index in [4.69, 9.17) is 4.98 Å². The molecular formula is C18H25N3. The molecule has 0 atom stereocenters. The van der Waals surface area contributed by atoms with Crippen LogP contribution in [-0.2, 0) is 6.42 Å². The van der Waals surface area contributed by atoms with Crippen molar-refractivity contribution in [3.05, 3.63) is 40.7 Å². The van der Waals surface area contributed by atoms with E-state index in [1.165, 1.54) is 16.7 Å². The van der Waals surface area contributed by atoms with Crippen LogP contribution >= 0.6 is 0 Å². The van der Waals surface area contributed by atoms with Crippen LogP contribution < -0.4 is 5.32 Å². The van der Waals surface area contributed by atoms with Crippen molar-refractivity contribution in [2.24, 2.45) is 0 Å². The molecule has 1 heterocycles. The molecule has 0 fully saturated rings. The maximum absolute atomic E-state index is 4.81. The lowest BCUT2D eigenvalue weighted by Crippen LogP contribution is -2.08. The molecule has 0 bridgehead atoms. The summed E-state index contributed by atoms with van der Waals surface area (Å²) >= 11 is 0. The van der Waals surface area contributed by atoms with Crippen molar-refractivity contribution < 1.29 is 0 Å². The van der Waals surface area contributed by atoms with Gasteiger partial charge in [-0.25, -0.2) is 9.97 Å². The minimum absolute atomic E-state index is 0.871. The van der Waals surface area contributed by atoms with E-state index in [9.17, 15) is 0 Å². The lowest BCUT2D eigenvalue weighted by molar-refractivity contribution is 0.833. The van der Waals surface area contributed by atoms with Crippen LogP contribution in [0.5, 0.6) is 0 Å². The standard InChI is InChI=1S/C18H25N3/c1-6-8-16-20-17(14(5)18(21-16)19-7-2)15-10-9-12(3)11-13(15)4/h9-11H,6-8H2,1-5H3,(H,19,20,21). The van der Waals surface area contributed by atoms with Crippen LogP contribution in [-0.4, -0.2) is 16.5 Å². The van der Waals surface area contributed by atoms with Gasteiger partial charge in [0.25, 0.3) is 0 Å². The second kappa shape index (κ2) is 6.70. The van der Waals surface area contributed by atoms with E-state index in [-0.39, 0.29) is 0 Å². The van der Waals surface area contributed by atoms with E-state index in [1.807, 2.05) is 0 Å². The average Bonchev–Trinajstić information content (AvgIpc) is 2.43. The number of aromatic nitrogens is 2. The van der Waals surface area contributed by atoms with E-state index < -0.39 is 0 Å². The van der Waals surface area contributed by atoms with Gasteiger partial charge in [-0.1, -0.05) is 30.7 Å². The van der Waals surface area contributed by atoms with Gasteiger partial charge in [0, 0.05) is 24.1 Å². The van der Waals surface area contributed by atoms with Crippen LogP contribution in [0.2, 0.25) is 0 Å². The van der Waals surface area contributed by atoms with Gasteiger partial charge >= 0.3 is 0 Å². The topological polar surface area (TPSA) is 37.8 Å². The highest BCUT2D eigenvalue weighted by molar-refractivity contribution is 5.71. The SMILES string of the molecule is CCCc1nc(NCC)c(C)c(-c2ccc(C)cc2C)n1. The summed E-state index contributed by atoms with van der Waals surface area (Å²) in [5, 5.41) is 3.36. The van der Waals surface area contributed by atoms with Gasteiger partial charge in [0.15, 0.2) is 0 Å². The molecule has 21 heavy (non-hydrogen) atoms. The third kappa shape index (κ3) is 3.41. The third-order valence-electron chi connectivity index (χ3n) is 3.65. The Morgan fingerprint density at radius 2 is 1.81 bits per heavy atom. The Hall–Kier alpha value is -1.90. The molecule has 1 N–H and O–H groups in total. The number of benzene rings is 1. The second-order valence-electron chi connectivity index (χ2n) is 5.56. The first-order valence-electron chi connectivity index (χ1n) is 7.75. The largest absolute Gasteiger partial charge is 0.370 e. The van der Waals surface area contributed by atoms with Crippen molar-refractivity contribution in [2.45, 2.75) is 47.5 Å². The predicted octanol–water partition coefficient (Wildman–Crippen LogP) is 4.45. The Labute approximate surface area is 127 Å². The lowest BCUT2D eigenvalue weighted by Gasteiger charge is -2.15. The summed E-state index contributed by atoms with van der Waals surface area (Å²) in [5.41, 5.74) is 5.94. The molecule has 0 amide bonds. The molecule has 0 aliphatic rings. The zero-order valence-electron chi connectivity index (χ0n) is 13.7. The Morgan fingerprint density at radius 3 is 2.43 bits per heavy atom. The van der Waals surface area contributed by atoms with Crippen molar-refractivity contribution in [1.29, 1.82) is 0 Å². The summed E-state index contributed by atoms with van der Waals surface area (Å²) < 4.78 is 0. The second-order valence-corrected chi connectivity index (χ2v) is 5.56. The van der Waals surface area contributed by atoms with Crippen LogP contribution in [0.4, 0.5) is 5.82 Å². The molecule has 0 aliphatic carbocycles. The first-order chi connectivity index (χ1) is 10.1. The van der Waals surface area contributed by atoms with E-state index in [2.05, 4.69) is 63.1 Å². The Morgan fingerprint density at radius 1 is 1.05 bits per heavy atom. The molecule has 1 aromatic heterocycles. The van der Waals surface area contributed by atoms with Gasteiger partial charge in [0.05, 0.1) is 5.69 Å². The summed E-state index contributed by atoms with van der Waals surface area (Å²) in [6, 6.07) is 6.53. The molecule has 3 heteroatoms. The normalized spacial score (nSPS) is 10.7. The monoisotopic (exact) mass is 283 g/mol. The van der Waals surface area contributed by atoms with Crippen LogP contribution in [0, 0.1) is 20.8 Å². The molecule has 2 rings (SSSR count). The third-order valence-corrected chi connectivity index (χ3v) is 3.65. The quantitative estimate of drug-likeness (QED) is 0.880. The van der Waals surface area contributed by atoms with Crippen LogP contribution in [0.15, 0.2) is 18.2 Å². The lowest BCUT2D eigenvalue weighted by atomic mass is 10.00. The maximum Gasteiger partial charge on any atom is 0.133 e. The summed E-state index contributed by atoms with van der Waals surface area (Å²) in [5.74, 6) is 1.89. The maximum atomic E-state index is 4.81. The molecular weight excluding hydrogens is 258 g/mol. The highest BCUT2D eigenvalue weighted by Crippen LogP contribution is 2.29. The van der Waals surface area contributed by atoms with Gasteiger partial charge in [-0.05, 0) is 39.7 Å². The Bertz CT molecular complexity index is 633. The summed E-state index contributed by atoms with van der Waals surface area (Å²) in [4.78, 5) is 9.48. The minimum Gasteiger partial charge on any atom is -0.370 e.